The van der Waals surface area contributed by atoms with Gasteiger partial charge in [-0.1, -0.05) is 39.0 Å². The van der Waals surface area contributed by atoms with Gasteiger partial charge in [-0.3, -0.25) is 0 Å². The van der Waals surface area contributed by atoms with Crippen LogP contribution in [0, 0.1) is 5.41 Å². The van der Waals surface area contributed by atoms with Gasteiger partial charge in [0.25, 0.3) is 0 Å². The number of benzene rings is 1. The van der Waals surface area contributed by atoms with Crippen molar-refractivity contribution in [3.8, 4) is 5.75 Å². The second-order valence-corrected chi connectivity index (χ2v) is 5.65. The molecule has 2 nitrogen and oxygen atoms in total. The van der Waals surface area contributed by atoms with Crippen molar-refractivity contribution in [1.82, 2.24) is 5.32 Å². The Bertz CT molecular complexity index is 347. The molecule has 0 aliphatic heterocycles. The van der Waals surface area contributed by atoms with Gasteiger partial charge in [0.15, 0.2) is 0 Å². The molecule has 1 rings (SSSR count). The van der Waals surface area contributed by atoms with E-state index >= 15 is 0 Å². The zero-order valence-electron chi connectivity index (χ0n) is 12.3. The summed E-state index contributed by atoms with van der Waals surface area (Å²) in [6, 6.07) is 8.32. The van der Waals surface area contributed by atoms with Crippen LogP contribution in [0.5, 0.6) is 5.75 Å². The molecule has 1 N–H and O–H groups in total. The van der Waals surface area contributed by atoms with Crippen LogP contribution in [0.25, 0.3) is 0 Å². The fourth-order valence-electron chi connectivity index (χ4n) is 2.18. The summed E-state index contributed by atoms with van der Waals surface area (Å²) in [7, 11) is 1.74. The molecule has 2 heteroatoms. The highest BCUT2D eigenvalue weighted by molar-refractivity contribution is 5.33. The summed E-state index contributed by atoms with van der Waals surface area (Å²) < 4.78 is 5.42. The highest BCUT2D eigenvalue weighted by atomic mass is 16.5. The molecular formula is C16H27NO. The van der Waals surface area contributed by atoms with Crippen molar-refractivity contribution < 1.29 is 4.74 Å². The average molecular weight is 249 g/mol. The molecule has 0 bridgehead atoms. The van der Waals surface area contributed by atoms with E-state index in [1.807, 2.05) is 12.1 Å². The SMILES string of the molecule is CCCNCCC(C)(C)Cc1ccccc1OC. The number of rotatable bonds is 8. The van der Waals surface area contributed by atoms with E-state index in [1.54, 1.807) is 7.11 Å². The van der Waals surface area contributed by atoms with Gasteiger partial charge in [-0.25, -0.2) is 0 Å². The van der Waals surface area contributed by atoms with Crippen molar-refractivity contribution in [3.63, 3.8) is 0 Å². The minimum Gasteiger partial charge on any atom is -0.496 e. The largest absolute Gasteiger partial charge is 0.496 e. The van der Waals surface area contributed by atoms with E-state index in [1.165, 1.54) is 18.4 Å². The van der Waals surface area contributed by atoms with E-state index in [0.29, 0.717) is 5.41 Å². The van der Waals surface area contributed by atoms with Crippen molar-refractivity contribution >= 4 is 0 Å². The molecule has 0 aliphatic rings. The summed E-state index contributed by atoms with van der Waals surface area (Å²) in [5.74, 6) is 1.01. The summed E-state index contributed by atoms with van der Waals surface area (Å²) in [4.78, 5) is 0. The maximum Gasteiger partial charge on any atom is 0.122 e. The summed E-state index contributed by atoms with van der Waals surface area (Å²) in [6.45, 7) is 9.06. The van der Waals surface area contributed by atoms with E-state index in [4.69, 9.17) is 4.74 Å². The molecule has 0 heterocycles. The van der Waals surface area contributed by atoms with Gasteiger partial charge in [-0.15, -0.1) is 0 Å². The Kier molecular flexibility index (Phi) is 6.20. The van der Waals surface area contributed by atoms with Gasteiger partial charge in [0, 0.05) is 0 Å². The standard InChI is InChI=1S/C16H27NO/c1-5-11-17-12-10-16(2,3)13-14-8-6-7-9-15(14)18-4/h6-9,17H,5,10-13H2,1-4H3. The molecule has 0 saturated heterocycles. The maximum absolute atomic E-state index is 5.42. The smallest absolute Gasteiger partial charge is 0.122 e. The lowest BCUT2D eigenvalue weighted by Crippen LogP contribution is -2.24. The first kappa shape index (κ1) is 15.0. The predicted octanol–water partition coefficient (Wildman–Crippen LogP) is 3.65. The first-order chi connectivity index (χ1) is 8.59. The highest BCUT2D eigenvalue weighted by Crippen LogP contribution is 2.29. The number of methoxy groups -OCH3 is 1. The Morgan fingerprint density at radius 1 is 1.17 bits per heavy atom. The Morgan fingerprint density at radius 3 is 2.56 bits per heavy atom. The third-order valence-corrected chi connectivity index (χ3v) is 3.27. The van der Waals surface area contributed by atoms with Crippen molar-refractivity contribution in [2.24, 2.45) is 5.41 Å². The van der Waals surface area contributed by atoms with Gasteiger partial charge in [0.2, 0.25) is 0 Å². The number of hydrogen-bond acceptors (Lipinski definition) is 2. The van der Waals surface area contributed by atoms with E-state index in [2.05, 4.69) is 38.2 Å². The number of ether oxygens (including phenoxy) is 1. The minimum absolute atomic E-state index is 0.301. The quantitative estimate of drug-likeness (QED) is 0.710. The summed E-state index contributed by atoms with van der Waals surface area (Å²) in [6.07, 6.45) is 3.45. The van der Waals surface area contributed by atoms with Crippen LogP contribution in [0.15, 0.2) is 24.3 Å². The van der Waals surface area contributed by atoms with Gasteiger partial charge >= 0.3 is 0 Å². The van der Waals surface area contributed by atoms with Crippen LogP contribution < -0.4 is 10.1 Å². The zero-order chi connectivity index (χ0) is 13.4. The van der Waals surface area contributed by atoms with Crippen LogP contribution in [0.4, 0.5) is 0 Å². The second-order valence-electron chi connectivity index (χ2n) is 5.65. The molecular weight excluding hydrogens is 222 g/mol. The molecule has 0 aromatic heterocycles. The zero-order valence-corrected chi connectivity index (χ0v) is 12.3. The van der Waals surface area contributed by atoms with Gasteiger partial charge in [-0.2, -0.15) is 0 Å². The van der Waals surface area contributed by atoms with Crippen molar-refractivity contribution in [3.05, 3.63) is 29.8 Å². The second kappa shape index (κ2) is 7.42. The summed E-state index contributed by atoms with van der Waals surface area (Å²) >= 11 is 0. The predicted molar refractivity (Wildman–Crippen MR) is 78.3 cm³/mol. The van der Waals surface area contributed by atoms with Crippen LogP contribution >= 0.6 is 0 Å². The molecule has 1 aromatic rings. The van der Waals surface area contributed by atoms with Gasteiger partial charge < -0.3 is 10.1 Å². The minimum atomic E-state index is 0.301. The third-order valence-electron chi connectivity index (χ3n) is 3.27. The van der Waals surface area contributed by atoms with Crippen LogP contribution in [-0.2, 0) is 6.42 Å². The molecule has 0 radical (unpaired) electrons. The van der Waals surface area contributed by atoms with E-state index < -0.39 is 0 Å². The molecule has 0 amide bonds. The Labute approximate surface area is 112 Å². The number of para-hydroxylation sites is 1. The van der Waals surface area contributed by atoms with E-state index in [-0.39, 0.29) is 0 Å². The molecule has 1 aromatic carbocycles. The molecule has 102 valence electrons. The highest BCUT2D eigenvalue weighted by Gasteiger charge is 2.19. The summed E-state index contributed by atoms with van der Waals surface area (Å²) in [5.41, 5.74) is 1.61. The summed E-state index contributed by atoms with van der Waals surface area (Å²) in [5, 5.41) is 3.47. The lowest BCUT2D eigenvalue weighted by atomic mass is 9.82. The van der Waals surface area contributed by atoms with Crippen molar-refractivity contribution in [1.29, 1.82) is 0 Å². The van der Waals surface area contributed by atoms with Crippen molar-refractivity contribution in [2.45, 2.75) is 40.0 Å². The Hall–Kier alpha value is -1.02. The molecule has 0 aliphatic carbocycles. The lowest BCUT2D eigenvalue weighted by molar-refractivity contribution is 0.318. The molecule has 0 spiro atoms. The van der Waals surface area contributed by atoms with E-state index in [9.17, 15) is 0 Å². The molecule has 0 saturated carbocycles. The van der Waals surface area contributed by atoms with Crippen LogP contribution in [0.2, 0.25) is 0 Å². The topological polar surface area (TPSA) is 21.3 Å². The Morgan fingerprint density at radius 2 is 1.89 bits per heavy atom. The van der Waals surface area contributed by atoms with Gasteiger partial charge in [-0.05, 0) is 49.4 Å². The fourth-order valence-corrected chi connectivity index (χ4v) is 2.18. The fraction of sp³-hybridized carbons (Fsp3) is 0.625. The monoisotopic (exact) mass is 249 g/mol. The first-order valence-electron chi connectivity index (χ1n) is 6.91. The van der Waals surface area contributed by atoms with Crippen LogP contribution in [-0.4, -0.2) is 20.2 Å². The Balaban J connectivity index is 2.53. The first-order valence-corrected chi connectivity index (χ1v) is 6.91. The lowest BCUT2D eigenvalue weighted by Gasteiger charge is -2.25. The molecule has 0 unspecified atom stereocenters. The van der Waals surface area contributed by atoms with Crippen molar-refractivity contribution in [2.75, 3.05) is 20.2 Å². The molecule has 0 fully saturated rings. The maximum atomic E-state index is 5.42. The van der Waals surface area contributed by atoms with Gasteiger partial charge in [0.1, 0.15) is 5.75 Å². The normalized spacial score (nSPS) is 11.6. The van der Waals surface area contributed by atoms with Crippen LogP contribution in [0.1, 0.15) is 39.2 Å². The van der Waals surface area contributed by atoms with E-state index in [0.717, 1.165) is 25.3 Å². The number of hydrogen-bond donors (Lipinski definition) is 1. The van der Waals surface area contributed by atoms with Crippen LogP contribution in [0.3, 0.4) is 0 Å². The molecule has 18 heavy (non-hydrogen) atoms. The van der Waals surface area contributed by atoms with Gasteiger partial charge in [0.05, 0.1) is 7.11 Å². The third kappa shape index (κ3) is 5.09. The average Bonchev–Trinajstić information content (AvgIpc) is 2.35. The number of nitrogens with one attached hydrogen (secondary N) is 1. The molecule has 0 atom stereocenters.